The fourth-order valence-corrected chi connectivity index (χ4v) is 0.993. The van der Waals surface area contributed by atoms with Gasteiger partial charge in [-0.05, 0) is 19.4 Å². The standard InChI is InChI=1S/C11H16O2/c1-11(2,12)9-13-8-10-6-4-3-5-7-10/h3-7,12H,8-9H2,1-2H3. The average Bonchev–Trinajstić information content (AvgIpc) is 2.04. The molecule has 2 heteroatoms. The lowest BCUT2D eigenvalue weighted by atomic mass is 10.2. The van der Waals surface area contributed by atoms with Crippen LogP contribution in [0.1, 0.15) is 19.4 Å². The van der Waals surface area contributed by atoms with Crippen LogP contribution in [0.2, 0.25) is 0 Å². The lowest BCUT2D eigenvalue weighted by Crippen LogP contribution is -2.25. The van der Waals surface area contributed by atoms with Crippen LogP contribution in [-0.2, 0) is 11.3 Å². The van der Waals surface area contributed by atoms with Crippen molar-refractivity contribution in [3.8, 4) is 0 Å². The molecule has 0 saturated heterocycles. The highest BCUT2D eigenvalue weighted by Gasteiger charge is 2.11. The van der Waals surface area contributed by atoms with Crippen LogP contribution >= 0.6 is 0 Å². The van der Waals surface area contributed by atoms with Gasteiger partial charge in [-0.3, -0.25) is 0 Å². The van der Waals surface area contributed by atoms with Crippen molar-refractivity contribution in [3.63, 3.8) is 0 Å². The monoisotopic (exact) mass is 180 g/mol. The maximum absolute atomic E-state index is 9.37. The fourth-order valence-electron chi connectivity index (χ4n) is 0.993. The van der Waals surface area contributed by atoms with E-state index in [1.807, 2.05) is 30.3 Å². The van der Waals surface area contributed by atoms with E-state index in [1.54, 1.807) is 13.8 Å². The van der Waals surface area contributed by atoms with Gasteiger partial charge in [0.1, 0.15) is 0 Å². The van der Waals surface area contributed by atoms with Gasteiger partial charge in [0.2, 0.25) is 0 Å². The van der Waals surface area contributed by atoms with Crippen molar-refractivity contribution >= 4 is 0 Å². The molecule has 0 atom stereocenters. The minimum atomic E-state index is -0.741. The van der Waals surface area contributed by atoms with E-state index >= 15 is 0 Å². The zero-order valence-corrected chi connectivity index (χ0v) is 8.16. The van der Waals surface area contributed by atoms with Crippen LogP contribution in [0, 0.1) is 0 Å². The molecular formula is C11H16O2. The summed E-state index contributed by atoms with van der Waals surface area (Å²) < 4.78 is 5.33. The number of aliphatic hydroxyl groups is 1. The molecule has 0 bridgehead atoms. The van der Waals surface area contributed by atoms with Gasteiger partial charge in [-0.25, -0.2) is 0 Å². The Morgan fingerprint density at radius 2 is 1.85 bits per heavy atom. The van der Waals surface area contributed by atoms with Crippen molar-refractivity contribution in [2.24, 2.45) is 0 Å². The molecule has 2 nitrogen and oxygen atoms in total. The maximum Gasteiger partial charge on any atom is 0.0824 e. The van der Waals surface area contributed by atoms with Gasteiger partial charge < -0.3 is 9.84 Å². The minimum Gasteiger partial charge on any atom is -0.388 e. The largest absolute Gasteiger partial charge is 0.388 e. The molecule has 0 fully saturated rings. The number of ether oxygens (including phenoxy) is 1. The predicted octanol–water partition coefficient (Wildman–Crippen LogP) is 1.97. The SMILES string of the molecule is CC(C)(O)COCc1ccccc1. The first-order chi connectivity index (χ1) is 6.08. The smallest absolute Gasteiger partial charge is 0.0824 e. The molecule has 0 aliphatic rings. The van der Waals surface area contributed by atoms with Crippen molar-refractivity contribution < 1.29 is 9.84 Å². The minimum absolute atomic E-state index is 0.363. The van der Waals surface area contributed by atoms with Gasteiger partial charge in [0.15, 0.2) is 0 Å². The summed E-state index contributed by atoms with van der Waals surface area (Å²) in [5.74, 6) is 0. The Labute approximate surface area is 79.2 Å². The van der Waals surface area contributed by atoms with E-state index in [2.05, 4.69) is 0 Å². The maximum atomic E-state index is 9.37. The summed E-state index contributed by atoms with van der Waals surface area (Å²) in [4.78, 5) is 0. The molecule has 1 N–H and O–H groups in total. The number of benzene rings is 1. The third kappa shape index (κ3) is 4.65. The quantitative estimate of drug-likeness (QED) is 0.767. The summed E-state index contributed by atoms with van der Waals surface area (Å²) in [6, 6.07) is 9.93. The molecule has 0 spiro atoms. The molecule has 1 aromatic rings. The molecular weight excluding hydrogens is 164 g/mol. The van der Waals surface area contributed by atoms with Crippen molar-refractivity contribution in [2.75, 3.05) is 6.61 Å². The van der Waals surface area contributed by atoms with Crippen LogP contribution in [0.5, 0.6) is 0 Å². The Kier molecular flexibility index (Phi) is 3.46. The molecule has 0 amide bonds. The Bertz CT molecular complexity index is 236. The van der Waals surface area contributed by atoms with E-state index < -0.39 is 5.60 Å². The van der Waals surface area contributed by atoms with Gasteiger partial charge in [0.25, 0.3) is 0 Å². The van der Waals surface area contributed by atoms with Crippen molar-refractivity contribution in [2.45, 2.75) is 26.1 Å². The van der Waals surface area contributed by atoms with Crippen LogP contribution < -0.4 is 0 Å². The van der Waals surface area contributed by atoms with Gasteiger partial charge in [-0.15, -0.1) is 0 Å². The molecule has 0 aliphatic heterocycles. The molecule has 0 unspecified atom stereocenters. The molecule has 1 rings (SSSR count). The lowest BCUT2D eigenvalue weighted by molar-refractivity contribution is -0.0268. The number of rotatable bonds is 4. The normalized spacial score (nSPS) is 11.6. The third-order valence-corrected chi connectivity index (χ3v) is 1.57. The molecule has 0 heterocycles. The summed E-state index contributed by atoms with van der Waals surface area (Å²) in [6.07, 6.45) is 0. The van der Waals surface area contributed by atoms with Crippen molar-refractivity contribution in [1.29, 1.82) is 0 Å². The molecule has 1 aromatic carbocycles. The van der Waals surface area contributed by atoms with E-state index in [1.165, 1.54) is 0 Å². The van der Waals surface area contributed by atoms with Crippen LogP contribution in [0.3, 0.4) is 0 Å². The van der Waals surface area contributed by atoms with Crippen LogP contribution in [-0.4, -0.2) is 17.3 Å². The predicted molar refractivity (Wildman–Crippen MR) is 52.4 cm³/mol. The first-order valence-electron chi connectivity index (χ1n) is 4.42. The summed E-state index contributed by atoms with van der Waals surface area (Å²) in [6.45, 7) is 4.39. The fraction of sp³-hybridized carbons (Fsp3) is 0.455. The van der Waals surface area contributed by atoms with Crippen LogP contribution in [0.4, 0.5) is 0 Å². The highest BCUT2D eigenvalue weighted by atomic mass is 16.5. The number of hydrogen-bond acceptors (Lipinski definition) is 2. The van der Waals surface area contributed by atoms with Crippen LogP contribution in [0.15, 0.2) is 30.3 Å². The zero-order valence-electron chi connectivity index (χ0n) is 8.16. The molecule has 13 heavy (non-hydrogen) atoms. The molecule has 72 valence electrons. The summed E-state index contributed by atoms with van der Waals surface area (Å²) in [5, 5.41) is 9.37. The zero-order chi connectivity index (χ0) is 9.73. The molecule has 0 radical (unpaired) electrons. The Hall–Kier alpha value is -0.860. The van der Waals surface area contributed by atoms with Crippen molar-refractivity contribution in [1.82, 2.24) is 0 Å². The molecule has 0 saturated carbocycles. The summed E-state index contributed by atoms with van der Waals surface area (Å²) in [5.41, 5.74) is 0.390. The van der Waals surface area contributed by atoms with E-state index in [0.717, 1.165) is 5.56 Å². The van der Waals surface area contributed by atoms with Gasteiger partial charge in [-0.2, -0.15) is 0 Å². The van der Waals surface area contributed by atoms with Gasteiger partial charge in [0, 0.05) is 0 Å². The first-order valence-corrected chi connectivity index (χ1v) is 4.42. The lowest BCUT2D eigenvalue weighted by Gasteiger charge is -2.16. The summed E-state index contributed by atoms with van der Waals surface area (Å²) >= 11 is 0. The summed E-state index contributed by atoms with van der Waals surface area (Å²) in [7, 11) is 0. The molecule has 0 aliphatic carbocycles. The highest BCUT2D eigenvalue weighted by molar-refractivity contribution is 5.13. The second-order valence-corrected chi connectivity index (χ2v) is 3.79. The van der Waals surface area contributed by atoms with Crippen molar-refractivity contribution in [3.05, 3.63) is 35.9 Å². The Morgan fingerprint density at radius 1 is 1.23 bits per heavy atom. The van der Waals surface area contributed by atoms with E-state index in [4.69, 9.17) is 4.74 Å². The van der Waals surface area contributed by atoms with E-state index in [0.29, 0.717) is 13.2 Å². The van der Waals surface area contributed by atoms with Gasteiger partial charge in [-0.1, -0.05) is 30.3 Å². The van der Waals surface area contributed by atoms with Crippen LogP contribution in [0.25, 0.3) is 0 Å². The second-order valence-electron chi connectivity index (χ2n) is 3.79. The molecule has 0 aromatic heterocycles. The topological polar surface area (TPSA) is 29.5 Å². The van der Waals surface area contributed by atoms with E-state index in [-0.39, 0.29) is 0 Å². The third-order valence-electron chi connectivity index (χ3n) is 1.57. The Morgan fingerprint density at radius 3 is 2.38 bits per heavy atom. The first kappa shape index (κ1) is 10.2. The van der Waals surface area contributed by atoms with Gasteiger partial charge >= 0.3 is 0 Å². The van der Waals surface area contributed by atoms with Gasteiger partial charge in [0.05, 0.1) is 18.8 Å². The van der Waals surface area contributed by atoms with E-state index in [9.17, 15) is 5.11 Å². The number of hydrogen-bond donors (Lipinski definition) is 1. The average molecular weight is 180 g/mol. The Balaban J connectivity index is 2.29. The second kappa shape index (κ2) is 4.40. The highest BCUT2D eigenvalue weighted by Crippen LogP contribution is 2.05.